The lowest BCUT2D eigenvalue weighted by atomic mass is 10.1. The number of alkyl halides is 3. The van der Waals surface area contributed by atoms with Gasteiger partial charge in [0, 0.05) is 50.1 Å². The van der Waals surface area contributed by atoms with Crippen molar-refractivity contribution in [1.29, 1.82) is 0 Å². The van der Waals surface area contributed by atoms with E-state index in [9.17, 15) is 22.8 Å². The Bertz CT molecular complexity index is 1220. The highest BCUT2D eigenvalue weighted by atomic mass is 19.4. The molecule has 3 aromatic rings. The second-order valence-corrected chi connectivity index (χ2v) is 9.53. The molecular weight excluding hydrogens is 487 g/mol. The van der Waals surface area contributed by atoms with Gasteiger partial charge in [0.25, 0.3) is 5.91 Å². The van der Waals surface area contributed by atoms with Crippen molar-refractivity contribution < 1.29 is 27.5 Å². The second kappa shape index (κ2) is 10.9. The molecule has 1 heterocycles. The van der Waals surface area contributed by atoms with Crippen LogP contribution in [0.1, 0.15) is 36.7 Å². The van der Waals surface area contributed by atoms with Gasteiger partial charge in [0.05, 0.1) is 17.7 Å². The van der Waals surface area contributed by atoms with Gasteiger partial charge in [-0.3, -0.25) is 14.4 Å². The number of carbonyl (C=O) groups is 2. The van der Waals surface area contributed by atoms with Gasteiger partial charge in [-0.05, 0) is 69.3 Å². The summed E-state index contributed by atoms with van der Waals surface area (Å²) in [4.78, 5) is 28.7. The quantitative estimate of drug-likeness (QED) is 0.437. The molecule has 0 bridgehead atoms. The molecule has 0 atom stereocenters. The van der Waals surface area contributed by atoms with Gasteiger partial charge in [-0.15, -0.1) is 0 Å². The first-order valence-corrected chi connectivity index (χ1v) is 11.5. The van der Waals surface area contributed by atoms with Crippen molar-refractivity contribution >= 4 is 29.1 Å². The summed E-state index contributed by atoms with van der Waals surface area (Å²) in [7, 11) is 3.13. The lowest BCUT2D eigenvalue weighted by molar-refractivity contribution is -0.137. The van der Waals surface area contributed by atoms with E-state index in [0.29, 0.717) is 24.5 Å². The Morgan fingerprint density at radius 2 is 1.73 bits per heavy atom. The minimum absolute atomic E-state index is 0.0941. The van der Waals surface area contributed by atoms with E-state index in [0.717, 1.165) is 18.2 Å². The molecule has 0 saturated carbocycles. The van der Waals surface area contributed by atoms with Crippen molar-refractivity contribution in [2.45, 2.75) is 39.1 Å². The molecule has 198 valence electrons. The van der Waals surface area contributed by atoms with E-state index < -0.39 is 29.3 Å². The summed E-state index contributed by atoms with van der Waals surface area (Å²) in [6.07, 6.45) is -1.62. The number of nitrogens with one attached hydrogen (secondary N) is 1. The molecule has 0 aliphatic heterocycles. The lowest BCUT2D eigenvalue weighted by Crippen LogP contribution is -2.38. The third-order valence-electron chi connectivity index (χ3n) is 5.21. The molecule has 0 aliphatic rings. The highest BCUT2D eigenvalue weighted by Crippen LogP contribution is 2.33. The largest absolute Gasteiger partial charge is 0.443 e. The average molecular weight is 518 g/mol. The van der Waals surface area contributed by atoms with Gasteiger partial charge in [0.1, 0.15) is 5.60 Å². The third-order valence-corrected chi connectivity index (χ3v) is 5.21. The molecular formula is C26H30F3N5O3. The van der Waals surface area contributed by atoms with Gasteiger partial charge in [-0.25, -0.2) is 4.79 Å². The summed E-state index contributed by atoms with van der Waals surface area (Å²) >= 11 is 0. The monoisotopic (exact) mass is 517 g/mol. The Morgan fingerprint density at radius 3 is 2.27 bits per heavy atom. The summed E-state index contributed by atoms with van der Waals surface area (Å²) in [5.41, 5.74) is -0.344. The number of amides is 2. The number of anilines is 3. The molecule has 1 N–H and O–H groups in total. The smallest absolute Gasteiger partial charge is 0.416 e. The topological polar surface area (TPSA) is 79.7 Å². The fourth-order valence-electron chi connectivity index (χ4n) is 3.47. The Labute approximate surface area is 213 Å². The maximum atomic E-state index is 13.1. The molecule has 0 radical (unpaired) electrons. The second-order valence-electron chi connectivity index (χ2n) is 9.53. The van der Waals surface area contributed by atoms with Crippen LogP contribution < -0.4 is 15.1 Å². The van der Waals surface area contributed by atoms with Crippen molar-refractivity contribution in [3.05, 3.63) is 72.1 Å². The molecule has 0 saturated heterocycles. The van der Waals surface area contributed by atoms with Gasteiger partial charge in [0.2, 0.25) is 0 Å². The number of hydrogen-bond donors (Lipinski definition) is 1. The van der Waals surface area contributed by atoms with Crippen LogP contribution in [0.15, 0.2) is 60.9 Å². The number of carbonyl (C=O) groups excluding carboxylic acids is 2. The number of halogens is 3. The zero-order chi connectivity index (χ0) is 27.4. The van der Waals surface area contributed by atoms with E-state index in [4.69, 9.17) is 4.74 Å². The van der Waals surface area contributed by atoms with Crippen molar-refractivity contribution in [2.24, 2.45) is 0 Å². The van der Waals surface area contributed by atoms with Crippen LogP contribution in [-0.2, 0) is 17.5 Å². The Kier molecular flexibility index (Phi) is 8.15. The van der Waals surface area contributed by atoms with Crippen LogP contribution >= 0.6 is 0 Å². The first-order chi connectivity index (χ1) is 17.2. The zero-order valence-electron chi connectivity index (χ0n) is 21.3. The Balaban J connectivity index is 1.80. The molecule has 0 spiro atoms. The molecule has 0 fully saturated rings. The van der Waals surface area contributed by atoms with Crippen LogP contribution in [0.3, 0.4) is 0 Å². The highest BCUT2D eigenvalue weighted by molar-refractivity contribution is 6.08. The van der Waals surface area contributed by atoms with Crippen molar-refractivity contribution in [1.82, 2.24) is 9.78 Å². The number of nitrogens with zero attached hydrogens (tertiary/aromatic N) is 4. The Morgan fingerprint density at radius 1 is 1.05 bits per heavy atom. The van der Waals surface area contributed by atoms with Crippen molar-refractivity contribution in [3.63, 3.8) is 0 Å². The van der Waals surface area contributed by atoms with E-state index >= 15 is 0 Å². The van der Waals surface area contributed by atoms with Crippen molar-refractivity contribution in [3.8, 4) is 0 Å². The minimum Gasteiger partial charge on any atom is -0.443 e. The minimum atomic E-state index is -4.52. The molecule has 1 aromatic heterocycles. The standard InChI is InChI=1S/C26H30F3N5O3/c1-25(2,3)37-24(36)34(16-15-33-14-6-13-30-33)20-10-8-19(9-11-20)31-23(35)21-12-7-18(26(27,28)29)17-22(21)32(4)5/h6-14,17H,15-16H2,1-5H3,(H,31,35). The molecule has 0 aliphatic carbocycles. The Hall–Kier alpha value is -4.02. The number of rotatable bonds is 7. The zero-order valence-corrected chi connectivity index (χ0v) is 21.3. The maximum Gasteiger partial charge on any atom is 0.416 e. The molecule has 8 nitrogen and oxygen atoms in total. The van der Waals surface area contributed by atoms with Crippen LogP contribution in [0.4, 0.5) is 35.0 Å². The molecule has 0 unspecified atom stereocenters. The van der Waals surface area contributed by atoms with Crippen LogP contribution in [0, 0.1) is 0 Å². The van der Waals surface area contributed by atoms with Gasteiger partial charge in [-0.2, -0.15) is 18.3 Å². The number of aromatic nitrogens is 2. The summed E-state index contributed by atoms with van der Waals surface area (Å²) in [6.45, 7) is 6.06. The predicted molar refractivity (Wildman–Crippen MR) is 136 cm³/mol. The molecule has 11 heteroatoms. The normalized spacial score (nSPS) is 11.7. The first-order valence-electron chi connectivity index (χ1n) is 11.5. The predicted octanol–water partition coefficient (Wildman–Crippen LogP) is 5.66. The average Bonchev–Trinajstić information content (AvgIpc) is 3.31. The van der Waals surface area contributed by atoms with Gasteiger partial charge >= 0.3 is 12.3 Å². The van der Waals surface area contributed by atoms with E-state index in [-0.39, 0.29) is 11.3 Å². The van der Waals surface area contributed by atoms with Gasteiger partial charge < -0.3 is 15.0 Å². The molecule has 3 rings (SSSR count). The highest BCUT2D eigenvalue weighted by Gasteiger charge is 2.32. The van der Waals surface area contributed by atoms with Crippen LogP contribution in [0.25, 0.3) is 0 Å². The van der Waals surface area contributed by atoms with Crippen LogP contribution in [-0.4, -0.2) is 48.0 Å². The summed E-state index contributed by atoms with van der Waals surface area (Å²) < 4.78 is 46.6. The number of ether oxygens (including phenoxy) is 1. The van der Waals surface area contributed by atoms with Gasteiger partial charge in [-0.1, -0.05) is 0 Å². The van der Waals surface area contributed by atoms with E-state index in [1.54, 1.807) is 82.3 Å². The molecule has 2 amide bonds. The lowest BCUT2D eigenvalue weighted by Gasteiger charge is -2.27. The summed E-state index contributed by atoms with van der Waals surface area (Å²) in [6, 6.07) is 11.3. The van der Waals surface area contributed by atoms with E-state index in [2.05, 4.69) is 10.4 Å². The number of benzene rings is 2. The summed E-state index contributed by atoms with van der Waals surface area (Å²) in [5, 5.41) is 6.86. The fraction of sp³-hybridized carbons (Fsp3) is 0.346. The third kappa shape index (κ3) is 7.48. The molecule has 37 heavy (non-hydrogen) atoms. The summed E-state index contributed by atoms with van der Waals surface area (Å²) in [5.74, 6) is -0.562. The number of hydrogen-bond acceptors (Lipinski definition) is 5. The fourth-order valence-corrected chi connectivity index (χ4v) is 3.47. The first kappa shape index (κ1) is 27.6. The van der Waals surface area contributed by atoms with E-state index in [1.807, 2.05) is 0 Å². The van der Waals surface area contributed by atoms with E-state index in [1.165, 1.54) is 9.80 Å². The van der Waals surface area contributed by atoms with Crippen LogP contribution in [0.5, 0.6) is 0 Å². The SMILES string of the molecule is CN(C)c1cc(C(F)(F)F)ccc1C(=O)Nc1ccc(N(CCn2cccn2)C(=O)OC(C)(C)C)cc1. The maximum absolute atomic E-state index is 13.1. The van der Waals surface area contributed by atoms with Crippen molar-refractivity contribution in [2.75, 3.05) is 35.8 Å². The van der Waals surface area contributed by atoms with Crippen LogP contribution in [0.2, 0.25) is 0 Å². The molecule has 2 aromatic carbocycles. The van der Waals surface area contributed by atoms with Gasteiger partial charge in [0.15, 0.2) is 0 Å².